The molecule has 1 aromatic heterocycles. The van der Waals surface area contributed by atoms with Crippen molar-refractivity contribution in [2.24, 2.45) is 4.99 Å². The third kappa shape index (κ3) is 5.06. The summed E-state index contributed by atoms with van der Waals surface area (Å²) >= 11 is 0. The first-order valence-electron chi connectivity index (χ1n) is 8.62. The zero-order chi connectivity index (χ0) is 18.2. The SMILES string of the molecule is C\C=C(/C(=N\C=C\c1cc(NC)cnc1C)N(C)C)N1CCOCC1. The van der Waals surface area contributed by atoms with Crippen LogP contribution in [0.15, 0.2) is 35.2 Å². The Morgan fingerprint density at radius 3 is 2.68 bits per heavy atom. The van der Waals surface area contributed by atoms with Gasteiger partial charge in [0.2, 0.25) is 0 Å². The molecule has 0 unspecified atom stereocenters. The monoisotopic (exact) mass is 343 g/mol. The van der Waals surface area contributed by atoms with Crippen LogP contribution in [-0.4, -0.2) is 68.1 Å². The lowest BCUT2D eigenvalue weighted by atomic mass is 10.2. The van der Waals surface area contributed by atoms with E-state index in [1.165, 1.54) is 0 Å². The van der Waals surface area contributed by atoms with Gasteiger partial charge in [0.05, 0.1) is 30.8 Å². The number of pyridine rings is 1. The summed E-state index contributed by atoms with van der Waals surface area (Å²) in [6, 6.07) is 2.07. The number of nitrogens with zero attached hydrogens (tertiary/aromatic N) is 4. The highest BCUT2D eigenvalue weighted by Crippen LogP contribution is 2.15. The molecule has 0 radical (unpaired) electrons. The van der Waals surface area contributed by atoms with Gasteiger partial charge in [-0.1, -0.05) is 6.08 Å². The lowest BCUT2D eigenvalue weighted by Gasteiger charge is -2.33. The van der Waals surface area contributed by atoms with Crippen molar-refractivity contribution in [1.29, 1.82) is 0 Å². The lowest BCUT2D eigenvalue weighted by molar-refractivity contribution is 0.0559. The largest absolute Gasteiger partial charge is 0.387 e. The molecule has 0 saturated carbocycles. The maximum atomic E-state index is 5.46. The van der Waals surface area contributed by atoms with E-state index in [-0.39, 0.29) is 0 Å². The summed E-state index contributed by atoms with van der Waals surface area (Å²) < 4.78 is 5.46. The molecule has 1 saturated heterocycles. The van der Waals surface area contributed by atoms with Crippen LogP contribution in [0.3, 0.4) is 0 Å². The highest BCUT2D eigenvalue weighted by atomic mass is 16.5. The molecular weight excluding hydrogens is 314 g/mol. The number of allylic oxidation sites excluding steroid dienone is 1. The minimum Gasteiger partial charge on any atom is -0.387 e. The van der Waals surface area contributed by atoms with Gasteiger partial charge in [-0.15, -0.1) is 0 Å². The van der Waals surface area contributed by atoms with Gasteiger partial charge in [0, 0.05) is 46.1 Å². The van der Waals surface area contributed by atoms with Gasteiger partial charge in [-0.05, 0) is 31.6 Å². The number of ether oxygens (including phenoxy) is 1. The highest BCUT2D eigenvalue weighted by molar-refractivity contribution is 5.98. The van der Waals surface area contributed by atoms with Crippen molar-refractivity contribution in [3.63, 3.8) is 0 Å². The second kappa shape index (κ2) is 9.22. The molecule has 0 spiro atoms. The number of hydrogen-bond donors (Lipinski definition) is 1. The van der Waals surface area contributed by atoms with E-state index in [0.29, 0.717) is 0 Å². The molecule has 6 heteroatoms. The molecule has 1 aliphatic heterocycles. The van der Waals surface area contributed by atoms with Crippen LogP contribution in [0, 0.1) is 6.92 Å². The molecule has 6 nitrogen and oxygen atoms in total. The standard InChI is InChI=1S/C19H29N5O/c1-6-18(24-9-11-25-12-10-24)19(23(4)5)21-8-7-16-13-17(20-3)14-22-15(16)2/h6-8,13-14,20H,9-12H2,1-5H3/b8-7+,18-6+,21-19+. The van der Waals surface area contributed by atoms with Crippen LogP contribution in [0.1, 0.15) is 18.2 Å². The van der Waals surface area contributed by atoms with Crippen LogP contribution < -0.4 is 5.32 Å². The molecule has 1 aliphatic rings. The smallest absolute Gasteiger partial charge is 0.151 e. The van der Waals surface area contributed by atoms with Crippen molar-refractivity contribution in [2.45, 2.75) is 13.8 Å². The Hall–Kier alpha value is -2.34. The number of amidine groups is 1. The highest BCUT2D eigenvalue weighted by Gasteiger charge is 2.18. The Balaban J connectivity index is 2.24. The topological polar surface area (TPSA) is 53.0 Å². The summed E-state index contributed by atoms with van der Waals surface area (Å²) in [7, 11) is 5.93. The van der Waals surface area contributed by atoms with Gasteiger partial charge in [0.25, 0.3) is 0 Å². The van der Waals surface area contributed by atoms with Gasteiger partial charge in [-0.25, -0.2) is 4.99 Å². The van der Waals surface area contributed by atoms with Crippen molar-refractivity contribution < 1.29 is 4.74 Å². The number of aryl methyl sites for hydroxylation is 1. The first kappa shape index (κ1) is 19.0. The summed E-state index contributed by atoms with van der Waals surface area (Å²) in [5.74, 6) is 0.941. The lowest BCUT2D eigenvalue weighted by Crippen LogP contribution is -2.41. The Bertz CT molecular complexity index is 658. The maximum absolute atomic E-state index is 5.46. The van der Waals surface area contributed by atoms with Gasteiger partial charge in [-0.2, -0.15) is 0 Å². The van der Waals surface area contributed by atoms with Crippen molar-refractivity contribution >= 4 is 17.6 Å². The predicted octanol–water partition coefficient (Wildman–Crippen LogP) is 2.60. The van der Waals surface area contributed by atoms with Crippen molar-refractivity contribution in [3.8, 4) is 0 Å². The van der Waals surface area contributed by atoms with E-state index in [2.05, 4.69) is 34.3 Å². The van der Waals surface area contributed by atoms with Gasteiger partial charge < -0.3 is 19.9 Å². The van der Waals surface area contributed by atoms with Crippen LogP contribution >= 0.6 is 0 Å². The fraction of sp³-hybridized carbons (Fsp3) is 0.474. The molecule has 0 amide bonds. The first-order chi connectivity index (χ1) is 12.1. The summed E-state index contributed by atoms with van der Waals surface area (Å²) in [6.45, 7) is 7.36. The Labute approximate surface area is 150 Å². The molecule has 2 heterocycles. The van der Waals surface area contributed by atoms with Gasteiger partial charge in [0.1, 0.15) is 0 Å². The number of hydrogen-bond acceptors (Lipinski definition) is 5. The number of morpholine rings is 1. The zero-order valence-electron chi connectivity index (χ0n) is 15.9. The summed E-state index contributed by atoms with van der Waals surface area (Å²) in [5, 5.41) is 3.11. The average Bonchev–Trinajstić information content (AvgIpc) is 2.63. The number of aromatic nitrogens is 1. The Morgan fingerprint density at radius 2 is 2.08 bits per heavy atom. The summed E-state index contributed by atoms with van der Waals surface area (Å²) in [4.78, 5) is 13.5. The second-order valence-corrected chi connectivity index (χ2v) is 6.08. The Morgan fingerprint density at radius 1 is 1.36 bits per heavy atom. The van der Waals surface area contributed by atoms with Crippen LogP contribution in [0.5, 0.6) is 0 Å². The molecule has 0 bridgehead atoms. The molecule has 1 aromatic rings. The third-order valence-corrected chi connectivity index (χ3v) is 4.14. The molecule has 136 valence electrons. The van der Waals surface area contributed by atoms with E-state index in [4.69, 9.17) is 9.73 Å². The number of anilines is 1. The van der Waals surface area contributed by atoms with Gasteiger partial charge in [0.15, 0.2) is 5.84 Å². The summed E-state index contributed by atoms with van der Waals surface area (Å²) in [6.07, 6.45) is 7.80. The van der Waals surface area contributed by atoms with E-state index in [9.17, 15) is 0 Å². The van der Waals surface area contributed by atoms with Gasteiger partial charge >= 0.3 is 0 Å². The Kier molecular flexibility index (Phi) is 7.01. The van der Waals surface area contributed by atoms with E-state index in [1.807, 2.05) is 51.4 Å². The predicted molar refractivity (Wildman–Crippen MR) is 105 cm³/mol. The van der Waals surface area contributed by atoms with Crippen LogP contribution in [0.25, 0.3) is 6.08 Å². The number of rotatable bonds is 5. The minimum atomic E-state index is 0.759. The minimum absolute atomic E-state index is 0.759. The fourth-order valence-corrected chi connectivity index (χ4v) is 2.71. The van der Waals surface area contributed by atoms with Crippen LogP contribution in [0.4, 0.5) is 5.69 Å². The van der Waals surface area contributed by atoms with Crippen molar-refractivity contribution in [1.82, 2.24) is 14.8 Å². The third-order valence-electron chi connectivity index (χ3n) is 4.14. The zero-order valence-corrected chi connectivity index (χ0v) is 15.9. The van der Waals surface area contributed by atoms with E-state index in [0.717, 1.165) is 54.8 Å². The van der Waals surface area contributed by atoms with E-state index < -0.39 is 0 Å². The molecule has 25 heavy (non-hydrogen) atoms. The number of nitrogens with one attached hydrogen (secondary N) is 1. The van der Waals surface area contributed by atoms with E-state index >= 15 is 0 Å². The number of aliphatic imine (C=N–C) groups is 1. The average molecular weight is 343 g/mol. The summed E-state index contributed by atoms with van der Waals surface area (Å²) in [5.41, 5.74) is 4.17. The molecule has 2 rings (SSSR count). The number of likely N-dealkylation sites (N-methyl/N-ethyl adjacent to an activating group) is 1. The molecule has 0 aromatic carbocycles. The molecule has 1 N–H and O–H groups in total. The first-order valence-corrected chi connectivity index (χ1v) is 8.62. The molecular formula is C19H29N5O. The quantitative estimate of drug-likeness (QED) is 0.658. The van der Waals surface area contributed by atoms with Crippen molar-refractivity contribution in [3.05, 3.63) is 41.5 Å². The molecule has 0 atom stereocenters. The fourth-order valence-electron chi connectivity index (χ4n) is 2.71. The molecule has 0 aliphatic carbocycles. The van der Waals surface area contributed by atoms with Gasteiger partial charge in [-0.3, -0.25) is 4.98 Å². The maximum Gasteiger partial charge on any atom is 0.151 e. The van der Waals surface area contributed by atoms with Crippen LogP contribution in [0.2, 0.25) is 0 Å². The normalized spacial score (nSPS) is 16.4. The second-order valence-electron chi connectivity index (χ2n) is 6.08. The van der Waals surface area contributed by atoms with Crippen molar-refractivity contribution in [2.75, 3.05) is 52.8 Å². The molecule has 1 fully saturated rings. The van der Waals surface area contributed by atoms with Crippen LogP contribution in [-0.2, 0) is 4.74 Å². The van der Waals surface area contributed by atoms with E-state index in [1.54, 1.807) is 0 Å².